The summed E-state index contributed by atoms with van der Waals surface area (Å²) in [4.78, 5) is 12.3. The molecule has 3 aromatic rings. The van der Waals surface area contributed by atoms with Gasteiger partial charge in [-0.2, -0.15) is 13.2 Å². The Morgan fingerprint density at radius 1 is 1.00 bits per heavy atom. The molecule has 0 atom stereocenters. The maximum atomic E-state index is 13.0. The summed E-state index contributed by atoms with van der Waals surface area (Å²) in [7, 11) is -2.58. The van der Waals surface area contributed by atoms with Crippen LogP contribution in [0, 0.1) is 6.92 Å². The molecule has 0 saturated heterocycles. The van der Waals surface area contributed by atoms with Gasteiger partial charge in [0.05, 0.1) is 29.7 Å². The van der Waals surface area contributed by atoms with E-state index in [2.05, 4.69) is 10.0 Å². The highest BCUT2D eigenvalue weighted by atomic mass is 32.2. The first-order valence-electron chi connectivity index (χ1n) is 9.72. The summed E-state index contributed by atoms with van der Waals surface area (Å²) < 4.78 is 71.6. The number of nitrogens with one attached hydrogen (secondary N) is 2. The molecule has 0 radical (unpaired) electrons. The van der Waals surface area contributed by atoms with E-state index in [0.717, 1.165) is 12.1 Å². The Balaban J connectivity index is 1.76. The van der Waals surface area contributed by atoms with Crippen molar-refractivity contribution >= 4 is 27.3 Å². The fourth-order valence-electron chi connectivity index (χ4n) is 3.10. The minimum absolute atomic E-state index is 0.0410. The fourth-order valence-corrected chi connectivity index (χ4v) is 4.44. The summed E-state index contributed by atoms with van der Waals surface area (Å²) in [6.07, 6.45) is -4.63. The minimum Gasteiger partial charge on any atom is -0.495 e. The van der Waals surface area contributed by atoms with Crippen molar-refractivity contribution < 1.29 is 31.1 Å². The van der Waals surface area contributed by atoms with Crippen molar-refractivity contribution in [1.82, 2.24) is 0 Å². The molecule has 2 N–H and O–H groups in total. The van der Waals surface area contributed by atoms with E-state index < -0.39 is 27.7 Å². The number of carbonyl (C=O) groups is 1. The van der Waals surface area contributed by atoms with E-state index in [1.54, 1.807) is 43.3 Å². The Labute approximate surface area is 189 Å². The molecule has 0 aromatic heterocycles. The number of para-hydroxylation sites is 2. The molecule has 0 spiro atoms. The molecule has 0 unspecified atom stereocenters. The molecular formula is C23H21F3N2O4S. The lowest BCUT2D eigenvalue weighted by atomic mass is 10.1. The van der Waals surface area contributed by atoms with Crippen molar-refractivity contribution in [3.05, 3.63) is 83.4 Å². The summed E-state index contributed by atoms with van der Waals surface area (Å²) in [5.74, 6) is -0.153. The van der Waals surface area contributed by atoms with Crippen LogP contribution in [-0.4, -0.2) is 21.4 Å². The molecule has 33 heavy (non-hydrogen) atoms. The van der Waals surface area contributed by atoms with Gasteiger partial charge in [-0.3, -0.25) is 9.52 Å². The molecule has 174 valence electrons. The number of anilines is 2. The number of alkyl halides is 3. The summed E-state index contributed by atoms with van der Waals surface area (Å²) >= 11 is 0. The van der Waals surface area contributed by atoms with Crippen molar-refractivity contribution in [3.63, 3.8) is 0 Å². The molecule has 0 saturated carbocycles. The zero-order valence-corrected chi connectivity index (χ0v) is 18.5. The normalized spacial score (nSPS) is 11.7. The molecule has 0 aliphatic rings. The average molecular weight is 478 g/mol. The predicted molar refractivity (Wildman–Crippen MR) is 119 cm³/mol. The van der Waals surface area contributed by atoms with Gasteiger partial charge in [0.25, 0.3) is 10.0 Å². The lowest BCUT2D eigenvalue weighted by Crippen LogP contribution is -2.17. The number of rotatable bonds is 7. The van der Waals surface area contributed by atoms with Crippen molar-refractivity contribution in [1.29, 1.82) is 0 Å². The molecule has 0 fully saturated rings. The van der Waals surface area contributed by atoms with Crippen molar-refractivity contribution in [2.24, 2.45) is 0 Å². The van der Waals surface area contributed by atoms with E-state index in [0.29, 0.717) is 16.9 Å². The number of hydrogen-bond acceptors (Lipinski definition) is 4. The topological polar surface area (TPSA) is 84.5 Å². The minimum atomic E-state index is -4.46. The van der Waals surface area contributed by atoms with Crippen LogP contribution >= 0.6 is 0 Å². The van der Waals surface area contributed by atoms with Gasteiger partial charge in [-0.15, -0.1) is 0 Å². The maximum absolute atomic E-state index is 13.0. The van der Waals surface area contributed by atoms with E-state index >= 15 is 0 Å². The molecular weight excluding hydrogens is 457 g/mol. The van der Waals surface area contributed by atoms with E-state index in [9.17, 15) is 26.4 Å². The number of carbonyl (C=O) groups excluding carboxylic acids is 1. The SMILES string of the molecule is COc1ccccc1NS(=O)(=O)c1cc(NC(=O)Cc2ccc(C(F)(F)F)cc2)ccc1C. The fraction of sp³-hybridized carbons (Fsp3) is 0.174. The Morgan fingerprint density at radius 3 is 2.30 bits per heavy atom. The van der Waals surface area contributed by atoms with Crippen LogP contribution in [0.3, 0.4) is 0 Å². The molecule has 3 rings (SSSR count). The van der Waals surface area contributed by atoms with Gasteiger partial charge >= 0.3 is 6.18 Å². The molecule has 1 amide bonds. The summed E-state index contributed by atoms with van der Waals surface area (Å²) in [6, 6.07) is 15.2. The number of amides is 1. The lowest BCUT2D eigenvalue weighted by molar-refractivity contribution is -0.137. The number of halogens is 3. The second-order valence-electron chi connectivity index (χ2n) is 7.21. The van der Waals surface area contributed by atoms with Gasteiger partial charge in [-0.05, 0) is 54.4 Å². The number of benzene rings is 3. The molecule has 0 heterocycles. The highest BCUT2D eigenvalue weighted by Gasteiger charge is 2.30. The monoisotopic (exact) mass is 478 g/mol. The number of ether oxygens (including phenoxy) is 1. The second kappa shape index (κ2) is 9.53. The maximum Gasteiger partial charge on any atom is 0.416 e. The zero-order chi connectivity index (χ0) is 24.2. The van der Waals surface area contributed by atoms with E-state index in [-0.39, 0.29) is 22.7 Å². The van der Waals surface area contributed by atoms with Crippen LogP contribution in [0.5, 0.6) is 5.75 Å². The van der Waals surface area contributed by atoms with Gasteiger partial charge in [0.15, 0.2) is 0 Å². The first-order valence-corrected chi connectivity index (χ1v) is 11.2. The average Bonchev–Trinajstić information content (AvgIpc) is 2.75. The standard InChI is InChI=1S/C23H21F3N2O4S/c1-15-7-12-18(27-22(29)13-16-8-10-17(11-9-16)23(24,25)26)14-21(15)33(30,31)28-19-5-3-4-6-20(19)32-2/h3-12,14,28H,13H2,1-2H3,(H,27,29). The first kappa shape index (κ1) is 24.1. The molecule has 10 heteroatoms. The van der Waals surface area contributed by atoms with Crippen LogP contribution in [0.25, 0.3) is 0 Å². The molecule has 3 aromatic carbocycles. The van der Waals surface area contributed by atoms with Gasteiger partial charge in [0, 0.05) is 5.69 Å². The third-order valence-corrected chi connectivity index (χ3v) is 6.27. The van der Waals surface area contributed by atoms with Crippen molar-refractivity contribution in [2.45, 2.75) is 24.4 Å². The van der Waals surface area contributed by atoms with Gasteiger partial charge in [0.1, 0.15) is 5.75 Å². The van der Waals surface area contributed by atoms with Crippen LogP contribution in [-0.2, 0) is 27.4 Å². The largest absolute Gasteiger partial charge is 0.495 e. The van der Waals surface area contributed by atoms with Gasteiger partial charge < -0.3 is 10.1 Å². The lowest BCUT2D eigenvalue weighted by Gasteiger charge is -2.14. The molecule has 0 aliphatic heterocycles. The Morgan fingerprint density at radius 2 is 1.67 bits per heavy atom. The van der Waals surface area contributed by atoms with E-state index in [4.69, 9.17) is 4.74 Å². The second-order valence-corrected chi connectivity index (χ2v) is 8.86. The first-order chi connectivity index (χ1) is 15.5. The quantitative estimate of drug-likeness (QED) is 0.500. The van der Waals surface area contributed by atoms with Crippen molar-refractivity contribution in [2.75, 3.05) is 17.1 Å². The highest BCUT2D eigenvalue weighted by molar-refractivity contribution is 7.92. The highest BCUT2D eigenvalue weighted by Crippen LogP contribution is 2.30. The summed E-state index contributed by atoms with van der Waals surface area (Å²) in [6.45, 7) is 1.62. The summed E-state index contributed by atoms with van der Waals surface area (Å²) in [5, 5.41) is 2.58. The van der Waals surface area contributed by atoms with Gasteiger partial charge in [-0.25, -0.2) is 8.42 Å². The Bertz CT molecular complexity index is 1260. The third kappa shape index (κ3) is 6.04. The van der Waals surface area contributed by atoms with Crippen LogP contribution in [0.1, 0.15) is 16.7 Å². The predicted octanol–water partition coefficient (Wildman–Crippen LogP) is 5.00. The molecule has 0 bridgehead atoms. The van der Waals surface area contributed by atoms with Crippen LogP contribution in [0.4, 0.5) is 24.5 Å². The zero-order valence-electron chi connectivity index (χ0n) is 17.7. The number of hydrogen-bond donors (Lipinski definition) is 2. The number of sulfonamides is 1. The third-order valence-electron chi connectivity index (χ3n) is 4.76. The Kier molecular flexibility index (Phi) is 6.97. The van der Waals surface area contributed by atoms with Crippen LogP contribution in [0.2, 0.25) is 0 Å². The van der Waals surface area contributed by atoms with Crippen molar-refractivity contribution in [3.8, 4) is 5.75 Å². The number of methoxy groups -OCH3 is 1. The van der Waals surface area contributed by atoms with Crippen LogP contribution in [0.15, 0.2) is 71.6 Å². The Hall–Kier alpha value is -3.53. The van der Waals surface area contributed by atoms with E-state index in [1.807, 2.05) is 0 Å². The smallest absolute Gasteiger partial charge is 0.416 e. The molecule has 0 aliphatic carbocycles. The summed E-state index contributed by atoms with van der Waals surface area (Å²) in [5.41, 5.74) is 0.535. The van der Waals surface area contributed by atoms with Gasteiger partial charge in [0.2, 0.25) is 5.91 Å². The number of aryl methyl sites for hydroxylation is 1. The molecule has 6 nitrogen and oxygen atoms in total. The van der Waals surface area contributed by atoms with E-state index in [1.165, 1.54) is 25.3 Å². The van der Waals surface area contributed by atoms with Crippen LogP contribution < -0.4 is 14.8 Å². The van der Waals surface area contributed by atoms with Gasteiger partial charge in [-0.1, -0.05) is 30.3 Å².